The second-order valence-electron chi connectivity index (χ2n) is 7.40. The van der Waals surface area contributed by atoms with E-state index in [1.165, 1.54) is 18.2 Å². The molecule has 2 aromatic carbocycles. The normalized spacial score (nSPS) is 13.4. The highest BCUT2D eigenvalue weighted by Gasteiger charge is 2.18. The van der Waals surface area contributed by atoms with Crippen LogP contribution in [0.2, 0.25) is 10.0 Å². The molecule has 3 aromatic rings. The zero-order valence-electron chi connectivity index (χ0n) is 17.9. The molecule has 0 bridgehead atoms. The first-order chi connectivity index (χ1) is 16.4. The monoisotopic (exact) mass is 502 g/mol. The van der Waals surface area contributed by atoms with E-state index in [2.05, 4.69) is 10.2 Å². The van der Waals surface area contributed by atoms with Crippen molar-refractivity contribution < 1.29 is 28.3 Å². The number of halogens is 2. The molecular formula is C24H20Cl2N2O6. The van der Waals surface area contributed by atoms with E-state index in [0.717, 1.165) is 18.8 Å². The fourth-order valence-electron chi connectivity index (χ4n) is 3.46. The van der Waals surface area contributed by atoms with Crippen molar-refractivity contribution in [2.45, 2.75) is 0 Å². The molecule has 8 nitrogen and oxygen atoms in total. The number of carbonyl (C=O) groups excluding carboxylic acids is 3. The average molecular weight is 503 g/mol. The number of morpholine rings is 1. The number of ether oxygens (including phenoxy) is 2. The fraction of sp³-hybridized carbons (Fsp3) is 0.208. The minimum Gasteiger partial charge on any atom is -0.453 e. The van der Waals surface area contributed by atoms with Crippen molar-refractivity contribution >= 4 is 52.7 Å². The Morgan fingerprint density at radius 2 is 1.82 bits per heavy atom. The lowest BCUT2D eigenvalue weighted by Gasteiger charge is -2.29. The average Bonchev–Trinajstić information content (AvgIpc) is 3.33. The summed E-state index contributed by atoms with van der Waals surface area (Å²) >= 11 is 12.5. The fourth-order valence-corrected chi connectivity index (χ4v) is 3.95. The van der Waals surface area contributed by atoms with E-state index in [1.807, 2.05) is 6.07 Å². The van der Waals surface area contributed by atoms with E-state index >= 15 is 0 Å². The predicted octanol–water partition coefficient (Wildman–Crippen LogP) is 4.70. The Morgan fingerprint density at radius 3 is 2.53 bits per heavy atom. The lowest BCUT2D eigenvalue weighted by Crippen LogP contribution is -2.36. The van der Waals surface area contributed by atoms with Crippen LogP contribution < -0.4 is 10.2 Å². The van der Waals surface area contributed by atoms with Crippen LogP contribution in [0, 0.1) is 0 Å². The quantitative estimate of drug-likeness (QED) is 0.369. The lowest BCUT2D eigenvalue weighted by atomic mass is 10.1. The smallest absolute Gasteiger partial charge is 0.340 e. The maximum atomic E-state index is 12.5. The van der Waals surface area contributed by atoms with Crippen LogP contribution in [0.4, 0.5) is 11.4 Å². The Labute approximate surface area is 205 Å². The van der Waals surface area contributed by atoms with E-state index in [0.29, 0.717) is 41.5 Å². The van der Waals surface area contributed by atoms with Gasteiger partial charge in [0.1, 0.15) is 5.76 Å². The summed E-state index contributed by atoms with van der Waals surface area (Å²) in [5.41, 5.74) is 1.94. The maximum Gasteiger partial charge on any atom is 0.340 e. The number of anilines is 2. The molecule has 1 saturated heterocycles. The summed E-state index contributed by atoms with van der Waals surface area (Å²) in [7, 11) is 0. The van der Waals surface area contributed by atoms with Gasteiger partial charge in [-0.2, -0.15) is 0 Å². The largest absolute Gasteiger partial charge is 0.453 e. The molecule has 1 amide bonds. The molecule has 0 radical (unpaired) electrons. The van der Waals surface area contributed by atoms with E-state index in [9.17, 15) is 14.4 Å². The van der Waals surface area contributed by atoms with Crippen LogP contribution in [-0.2, 0) is 14.3 Å². The van der Waals surface area contributed by atoms with Gasteiger partial charge in [-0.1, -0.05) is 23.2 Å². The summed E-state index contributed by atoms with van der Waals surface area (Å²) < 4.78 is 15.8. The molecule has 0 atom stereocenters. The highest BCUT2D eigenvalue weighted by Crippen LogP contribution is 2.30. The molecule has 1 aliphatic rings. The Morgan fingerprint density at radius 1 is 1.03 bits per heavy atom. The van der Waals surface area contributed by atoms with Gasteiger partial charge in [-0.15, -0.1) is 0 Å². The number of hydrogen-bond donors (Lipinski definition) is 1. The van der Waals surface area contributed by atoms with Gasteiger partial charge in [0.05, 0.1) is 34.5 Å². The Kier molecular flexibility index (Phi) is 7.52. The molecule has 2 heterocycles. The number of carbonyl (C=O) groups is 3. The highest BCUT2D eigenvalue weighted by molar-refractivity contribution is 6.34. The minimum atomic E-state index is -0.773. The molecule has 1 N–H and O–H groups in total. The number of nitrogens with one attached hydrogen (secondary N) is 1. The van der Waals surface area contributed by atoms with Crippen molar-refractivity contribution in [3.05, 3.63) is 69.9 Å². The van der Waals surface area contributed by atoms with Crippen molar-refractivity contribution in [1.82, 2.24) is 0 Å². The van der Waals surface area contributed by atoms with Crippen LogP contribution in [0.5, 0.6) is 0 Å². The molecule has 0 saturated carbocycles. The summed E-state index contributed by atoms with van der Waals surface area (Å²) in [6, 6.07) is 12.9. The summed E-state index contributed by atoms with van der Waals surface area (Å²) in [6.07, 6.45) is 0.580. The molecular weight excluding hydrogens is 483 g/mol. The van der Waals surface area contributed by atoms with Crippen molar-refractivity contribution in [3.63, 3.8) is 0 Å². The van der Waals surface area contributed by atoms with E-state index in [1.54, 1.807) is 24.3 Å². The molecule has 0 aliphatic carbocycles. The van der Waals surface area contributed by atoms with E-state index in [-0.39, 0.29) is 16.3 Å². The maximum absolute atomic E-state index is 12.5. The number of benzene rings is 2. The zero-order chi connectivity index (χ0) is 24.1. The van der Waals surface area contributed by atoms with Gasteiger partial charge in [-0.25, -0.2) is 4.79 Å². The topological polar surface area (TPSA) is 98.1 Å². The van der Waals surface area contributed by atoms with Gasteiger partial charge in [0.25, 0.3) is 5.91 Å². The summed E-state index contributed by atoms with van der Waals surface area (Å²) in [4.78, 5) is 37.8. The van der Waals surface area contributed by atoms with Gasteiger partial charge in [0.2, 0.25) is 0 Å². The Balaban J connectivity index is 1.36. The van der Waals surface area contributed by atoms with Gasteiger partial charge in [-0.05, 0) is 48.5 Å². The van der Waals surface area contributed by atoms with Crippen LogP contribution in [0.15, 0.2) is 52.9 Å². The molecule has 4 rings (SSSR count). The number of aldehydes is 1. The molecule has 1 aromatic heterocycles. The molecule has 0 unspecified atom stereocenters. The second-order valence-corrected chi connectivity index (χ2v) is 8.22. The number of rotatable bonds is 7. The number of amides is 1. The van der Waals surface area contributed by atoms with Gasteiger partial charge in [-0.3, -0.25) is 9.59 Å². The number of furan rings is 1. The molecule has 10 heteroatoms. The molecule has 34 heavy (non-hydrogen) atoms. The summed E-state index contributed by atoms with van der Waals surface area (Å²) in [5.74, 6) is -0.755. The number of hydrogen-bond acceptors (Lipinski definition) is 7. The first-order valence-electron chi connectivity index (χ1n) is 10.4. The van der Waals surface area contributed by atoms with Crippen molar-refractivity contribution in [2.24, 2.45) is 0 Å². The first-order valence-corrected chi connectivity index (χ1v) is 11.1. The van der Waals surface area contributed by atoms with Crippen LogP contribution in [0.25, 0.3) is 11.3 Å². The standard InChI is InChI=1S/C24H20Cl2N2O6/c25-19-4-1-15(22-6-3-17(13-29)34-22)11-18(19)24(31)33-14-23(30)27-16-2-5-21(20(26)12-16)28-7-9-32-10-8-28/h1-6,11-13H,7-10,14H2,(H,27,30). The van der Waals surface area contributed by atoms with E-state index < -0.39 is 18.5 Å². The van der Waals surface area contributed by atoms with Crippen LogP contribution in [0.3, 0.4) is 0 Å². The third-order valence-corrected chi connectivity index (χ3v) is 5.76. The van der Waals surface area contributed by atoms with Gasteiger partial charge in [0.15, 0.2) is 18.7 Å². The summed E-state index contributed by atoms with van der Waals surface area (Å²) in [5, 5.41) is 3.31. The van der Waals surface area contributed by atoms with Crippen LogP contribution in [-0.4, -0.2) is 51.1 Å². The predicted molar refractivity (Wildman–Crippen MR) is 128 cm³/mol. The Bertz CT molecular complexity index is 1220. The van der Waals surface area contributed by atoms with Crippen molar-refractivity contribution in [3.8, 4) is 11.3 Å². The van der Waals surface area contributed by atoms with Gasteiger partial charge >= 0.3 is 5.97 Å². The zero-order valence-corrected chi connectivity index (χ0v) is 19.4. The SMILES string of the molecule is O=Cc1ccc(-c2ccc(Cl)c(C(=O)OCC(=O)Nc3ccc(N4CCOCC4)c(Cl)c3)c2)o1. The van der Waals surface area contributed by atoms with Gasteiger partial charge in [0, 0.05) is 24.3 Å². The summed E-state index contributed by atoms with van der Waals surface area (Å²) in [6.45, 7) is 2.23. The third-order valence-electron chi connectivity index (χ3n) is 5.13. The first kappa shape index (κ1) is 23.8. The van der Waals surface area contributed by atoms with Crippen molar-refractivity contribution in [2.75, 3.05) is 43.1 Å². The number of nitrogens with zero attached hydrogens (tertiary/aromatic N) is 1. The molecule has 176 valence electrons. The minimum absolute atomic E-state index is 0.0638. The molecule has 1 fully saturated rings. The number of esters is 1. The van der Waals surface area contributed by atoms with E-state index in [4.69, 9.17) is 37.1 Å². The molecule has 0 spiro atoms. The Hall–Kier alpha value is -3.33. The van der Waals surface area contributed by atoms with Crippen LogP contribution >= 0.6 is 23.2 Å². The lowest BCUT2D eigenvalue weighted by molar-refractivity contribution is -0.119. The second kappa shape index (κ2) is 10.7. The van der Waals surface area contributed by atoms with Gasteiger partial charge < -0.3 is 24.1 Å². The van der Waals surface area contributed by atoms with Crippen molar-refractivity contribution in [1.29, 1.82) is 0 Å². The van der Waals surface area contributed by atoms with Crippen LogP contribution in [0.1, 0.15) is 20.9 Å². The third kappa shape index (κ3) is 5.59. The molecule has 1 aliphatic heterocycles. The highest BCUT2D eigenvalue weighted by atomic mass is 35.5.